The Hall–Kier alpha value is -3.27. The number of aryl methyl sites for hydroxylation is 1. The number of ether oxygens (including phenoxy) is 1. The van der Waals surface area contributed by atoms with E-state index in [2.05, 4.69) is 25.9 Å². The summed E-state index contributed by atoms with van der Waals surface area (Å²) in [7, 11) is 1.58. The highest BCUT2D eigenvalue weighted by Crippen LogP contribution is 2.15. The van der Waals surface area contributed by atoms with Crippen LogP contribution in [0.15, 0.2) is 35.8 Å². The van der Waals surface area contributed by atoms with E-state index in [4.69, 9.17) is 4.74 Å². The number of thiazole rings is 1. The third-order valence-corrected chi connectivity index (χ3v) is 4.37. The molecule has 2 N–H and O–H groups in total. The molecule has 2 heterocycles. The lowest BCUT2D eigenvalue weighted by Gasteiger charge is -2.04. The molecule has 0 radical (unpaired) electrons. The van der Waals surface area contributed by atoms with Gasteiger partial charge in [0, 0.05) is 17.6 Å². The van der Waals surface area contributed by atoms with E-state index in [9.17, 15) is 9.59 Å². The van der Waals surface area contributed by atoms with Crippen molar-refractivity contribution in [3.05, 3.63) is 52.2 Å². The molecule has 3 rings (SSSR count). The minimum atomic E-state index is -0.367. The molecular weight excluding hydrogens is 368 g/mol. The first-order chi connectivity index (χ1) is 13.0. The summed E-state index contributed by atoms with van der Waals surface area (Å²) in [4.78, 5) is 28.3. The molecule has 0 saturated carbocycles. The van der Waals surface area contributed by atoms with E-state index in [1.165, 1.54) is 22.2 Å². The van der Waals surface area contributed by atoms with E-state index in [1.54, 1.807) is 36.8 Å². The third-order valence-electron chi connectivity index (χ3n) is 3.60. The van der Waals surface area contributed by atoms with Crippen LogP contribution in [0, 0.1) is 6.92 Å². The quantitative estimate of drug-likeness (QED) is 0.640. The fourth-order valence-corrected chi connectivity index (χ4v) is 2.82. The molecule has 0 fully saturated rings. The standard InChI is InChI=1S/C17H18N6O3S/c1-11-19-15(10-27-11)16(24)18-7-8-23-9-14(21-22-23)17(25)20-12-3-5-13(26-2)6-4-12/h3-6,9-10H,7-8H2,1-2H3,(H,18,24)(H,20,25). The second kappa shape index (κ2) is 8.41. The summed E-state index contributed by atoms with van der Waals surface area (Å²) in [6.07, 6.45) is 1.53. The van der Waals surface area contributed by atoms with Crippen molar-refractivity contribution in [3.8, 4) is 5.75 Å². The number of aromatic nitrogens is 4. The number of methoxy groups -OCH3 is 1. The van der Waals surface area contributed by atoms with Crippen LogP contribution in [0.1, 0.15) is 26.0 Å². The van der Waals surface area contributed by atoms with E-state index in [0.717, 1.165) is 5.01 Å². The molecule has 0 aliphatic heterocycles. The van der Waals surface area contributed by atoms with Crippen LogP contribution in [0.25, 0.3) is 0 Å². The summed E-state index contributed by atoms with van der Waals surface area (Å²) in [6, 6.07) is 6.96. The van der Waals surface area contributed by atoms with Crippen LogP contribution >= 0.6 is 11.3 Å². The summed E-state index contributed by atoms with van der Waals surface area (Å²) < 4.78 is 6.57. The van der Waals surface area contributed by atoms with Gasteiger partial charge in [0.05, 0.1) is 24.9 Å². The monoisotopic (exact) mass is 386 g/mol. The molecule has 0 aliphatic rings. The number of amides is 2. The zero-order valence-corrected chi connectivity index (χ0v) is 15.6. The van der Waals surface area contributed by atoms with E-state index in [1.807, 2.05) is 6.92 Å². The van der Waals surface area contributed by atoms with Crippen molar-refractivity contribution in [3.63, 3.8) is 0 Å². The molecule has 2 amide bonds. The van der Waals surface area contributed by atoms with Gasteiger partial charge in [0.15, 0.2) is 5.69 Å². The highest BCUT2D eigenvalue weighted by Gasteiger charge is 2.12. The van der Waals surface area contributed by atoms with Crippen LogP contribution < -0.4 is 15.4 Å². The fourth-order valence-electron chi connectivity index (χ4n) is 2.22. The van der Waals surface area contributed by atoms with Crippen LogP contribution in [0.4, 0.5) is 5.69 Å². The third kappa shape index (κ3) is 4.88. The lowest BCUT2D eigenvalue weighted by Crippen LogP contribution is -2.27. The molecule has 1 aromatic carbocycles. The summed E-state index contributed by atoms with van der Waals surface area (Å²) in [6.45, 7) is 2.57. The largest absolute Gasteiger partial charge is 0.497 e. The topological polar surface area (TPSA) is 111 Å². The Labute approximate surface area is 159 Å². The normalized spacial score (nSPS) is 10.4. The Bertz CT molecular complexity index is 934. The van der Waals surface area contributed by atoms with Gasteiger partial charge in [0.1, 0.15) is 11.4 Å². The van der Waals surface area contributed by atoms with Crippen molar-refractivity contribution < 1.29 is 14.3 Å². The van der Waals surface area contributed by atoms with Gasteiger partial charge in [-0.25, -0.2) is 9.67 Å². The molecule has 10 heteroatoms. The van der Waals surface area contributed by atoms with E-state index < -0.39 is 0 Å². The van der Waals surface area contributed by atoms with Gasteiger partial charge in [-0.15, -0.1) is 16.4 Å². The van der Waals surface area contributed by atoms with Gasteiger partial charge in [0.25, 0.3) is 11.8 Å². The molecule has 2 aromatic heterocycles. The molecule has 0 atom stereocenters. The number of nitrogens with one attached hydrogen (secondary N) is 2. The van der Waals surface area contributed by atoms with Crippen molar-refractivity contribution in [2.75, 3.05) is 19.0 Å². The molecule has 0 aliphatic carbocycles. The first-order valence-corrected chi connectivity index (χ1v) is 8.99. The first-order valence-electron chi connectivity index (χ1n) is 8.11. The maximum Gasteiger partial charge on any atom is 0.277 e. The van der Waals surface area contributed by atoms with Gasteiger partial charge < -0.3 is 15.4 Å². The van der Waals surface area contributed by atoms with Crippen LogP contribution in [0.2, 0.25) is 0 Å². The fraction of sp³-hybridized carbons (Fsp3) is 0.235. The summed E-state index contributed by atoms with van der Waals surface area (Å²) >= 11 is 1.42. The Morgan fingerprint density at radius 3 is 2.63 bits per heavy atom. The molecule has 27 heavy (non-hydrogen) atoms. The maximum atomic E-state index is 12.2. The zero-order valence-electron chi connectivity index (χ0n) is 14.8. The zero-order chi connectivity index (χ0) is 19.2. The number of carbonyl (C=O) groups is 2. The molecule has 0 spiro atoms. The molecule has 9 nitrogen and oxygen atoms in total. The number of benzene rings is 1. The van der Waals surface area contributed by atoms with Crippen molar-refractivity contribution in [1.29, 1.82) is 0 Å². The van der Waals surface area contributed by atoms with E-state index >= 15 is 0 Å². The number of carbonyl (C=O) groups excluding carboxylic acids is 2. The molecular formula is C17H18N6O3S. The van der Waals surface area contributed by atoms with Gasteiger partial charge in [-0.1, -0.05) is 5.21 Å². The highest BCUT2D eigenvalue weighted by molar-refractivity contribution is 7.09. The molecule has 3 aromatic rings. The lowest BCUT2D eigenvalue weighted by atomic mass is 10.3. The van der Waals surface area contributed by atoms with Crippen LogP contribution in [-0.2, 0) is 6.54 Å². The van der Waals surface area contributed by atoms with Gasteiger partial charge in [-0.2, -0.15) is 0 Å². The minimum Gasteiger partial charge on any atom is -0.497 e. The highest BCUT2D eigenvalue weighted by atomic mass is 32.1. The smallest absolute Gasteiger partial charge is 0.277 e. The van der Waals surface area contributed by atoms with Crippen molar-refractivity contribution in [2.45, 2.75) is 13.5 Å². The summed E-state index contributed by atoms with van der Waals surface area (Å²) in [5.41, 5.74) is 1.21. The predicted octanol–water partition coefficient (Wildman–Crippen LogP) is 1.73. The number of rotatable bonds is 7. The Balaban J connectivity index is 1.49. The number of hydrogen-bond acceptors (Lipinski definition) is 7. The molecule has 0 bridgehead atoms. The van der Waals surface area contributed by atoms with Crippen LogP contribution in [-0.4, -0.2) is 45.4 Å². The van der Waals surface area contributed by atoms with E-state index in [-0.39, 0.29) is 17.5 Å². The average Bonchev–Trinajstić information content (AvgIpc) is 3.31. The molecule has 0 unspecified atom stereocenters. The molecule has 140 valence electrons. The second-order valence-electron chi connectivity index (χ2n) is 5.56. The summed E-state index contributed by atoms with van der Waals surface area (Å²) in [5.74, 6) is 0.0964. The number of anilines is 1. The maximum absolute atomic E-state index is 12.2. The van der Waals surface area contributed by atoms with Gasteiger partial charge >= 0.3 is 0 Å². The first kappa shape index (κ1) is 18.5. The molecule has 0 saturated heterocycles. The second-order valence-corrected chi connectivity index (χ2v) is 6.62. The van der Waals surface area contributed by atoms with Crippen molar-refractivity contribution in [1.82, 2.24) is 25.3 Å². The summed E-state index contributed by atoms with van der Waals surface area (Å²) in [5, 5.41) is 15.8. The Kier molecular flexibility index (Phi) is 5.77. The van der Waals surface area contributed by atoms with Gasteiger partial charge in [-0.05, 0) is 31.2 Å². The van der Waals surface area contributed by atoms with Gasteiger partial charge in [-0.3, -0.25) is 9.59 Å². The van der Waals surface area contributed by atoms with Crippen LogP contribution in [0.5, 0.6) is 5.75 Å². The Morgan fingerprint density at radius 1 is 1.19 bits per heavy atom. The predicted molar refractivity (Wildman–Crippen MR) is 100 cm³/mol. The van der Waals surface area contributed by atoms with Crippen molar-refractivity contribution >= 4 is 28.8 Å². The van der Waals surface area contributed by atoms with Crippen molar-refractivity contribution in [2.24, 2.45) is 0 Å². The Morgan fingerprint density at radius 2 is 1.96 bits per heavy atom. The average molecular weight is 386 g/mol. The lowest BCUT2D eigenvalue weighted by molar-refractivity contribution is 0.0946. The SMILES string of the molecule is COc1ccc(NC(=O)c2cn(CCNC(=O)c3csc(C)n3)nn2)cc1. The van der Waals surface area contributed by atoms with Crippen LogP contribution in [0.3, 0.4) is 0 Å². The number of nitrogens with zero attached hydrogens (tertiary/aromatic N) is 4. The number of hydrogen-bond donors (Lipinski definition) is 2. The minimum absolute atomic E-state index is 0.187. The van der Waals surface area contributed by atoms with Gasteiger partial charge in [0.2, 0.25) is 0 Å². The van der Waals surface area contributed by atoms with E-state index in [0.29, 0.717) is 30.2 Å².